The maximum absolute atomic E-state index is 12.6. The second-order valence-electron chi connectivity index (χ2n) is 5.19. The van der Waals surface area contributed by atoms with Gasteiger partial charge in [-0.05, 0) is 48.4 Å². The maximum atomic E-state index is 12.6. The Bertz CT molecular complexity index is 749. The van der Waals surface area contributed by atoms with Crippen LogP contribution in [0.1, 0.15) is 11.1 Å². The van der Waals surface area contributed by atoms with Crippen LogP contribution < -0.4 is 10.1 Å². The van der Waals surface area contributed by atoms with Crippen LogP contribution in [0.2, 0.25) is 5.02 Å². The molecule has 1 amide bonds. The van der Waals surface area contributed by atoms with E-state index in [9.17, 15) is 18.0 Å². The summed E-state index contributed by atoms with van der Waals surface area (Å²) in [7, 11) is 1.52. The van der Waals surface area contributed by atoms with Crippen LogP contribution in [-0.4, -0.2) is 18.4 Å². The summed E-state index contributed by atoms with van der Waals surface area (Å²) in [5, 5.41) is 1.54. The van der Waals surface area contributed by atoms with Gasteiger partial charge in [-0.15, -0.1) is 11.6 Å². The number of amides is 1. The molecule has 2 aromatic rings. The van der Waals surface area contributed by atoms with E-state index in [-0.39, 0.29) is 11.4 Å². The summed E-state index contributed by atoms with van der Waals surface area (Å²) in [5.74, 6) is 0.153. The monoisotopic (exact) mass is 391 g/mol. The number of rotatable bonds is 5. The van der Waals surface area contributed by atoms with Gasteiger partial charge in [0.25, 0.3) is 0 Å². The molecular formula is C17H14Cl2F3NO2. The summed E-state index contributed by atoms with van der Waals surface area (Å²) in [6.07, 6.45) is -4.48. The van der Waals surface area contributed by atoms with E-state index in [0.29, 0.717) is 17.0 Å². The first-order valence-corrected chi connectivity index (χ1v) is 7.96. The van der Waals surface area contributed by atoms with Gasteiger partial charge in [0.05, 0.1) is 12.7 Å². The van der Waals surface area contributed by atoms with Crippen LogP contribution in [0.25, 0.3) is 0 Å². The normalized spacial score (nSPS) is 12.6. The smallest absolute Gasteiger partial charge is 0.416 e. The lowest BCUT2D eigenvalue weighted by molar-refractivity contribution is -0.137. The zero-order valence-corrected chi connectivity index (χ0v) is 14.5. The van der Waals surface area contributed by atoms with Crippen LogP contribution in [0.3, 0.4) is 0 Å². The number of hydrogen-bond acceptors (Lipinski definition) is 2. The number of nitrogens with one attached hydrogen (secondary N) is 1. The van der Waals surface area contributed by atoms with Gasteiger partial charge in [0, 0.05) is 10.7 Å². The number of carbonyl (C=O) groups is 1. The predicted octanol–water partition coefficient (Wildman–Crippen LogP) is 5.16. The SMILES string of the molecule is COc1ccc(NC(=O)[C@H](Cl)Cc2ccc(C(F)(F)F)cc2Cl)cc1. The van der Waals surface area contributed by atoms with Crippen molar-refractivity contribution in [1.29, 1.82) is 0 Å². The first-order chi connectivity index (χ1) is 11.7. The third kappa shape index (κ3) is 5.28. The van der Waals surface area contributed by atoms with Crippen molar-refractivity contribution in [2.75, 3.05) is 12.4 Å². The molecular weight excluding hydrogens is 378 g/mol. The van der Waals surface area contributed by atoms with E-state index >= 15 is 0 Å². The number of methoxy groups -OCH3 is 1. The number of carbonyl (C=O) groups excluding carboxylic acids is 1. The highest BCUT2D eigenvalue weighted by atomic mass is 35.5. The van der Waals surface area contributed by atoms with E-state index in [1.165, 1.54) is 13.2 Å². The molecule has 0 aliphatic carbocycles. The number of halogens is 5. The van der Waals surface area contributed by atoms with Gasteiger partial charge in [0.2, 0.25) is 5.91 Å². The molecule has 0 aromatic heterocycles. The topological polar surface area (TPSA) is 38.3 Å². The van der Waals surface area contributed by atoms with Crippen molar-refractivity contribution in [3.63, 3.8) is 0 Å². The van der Waals surface area contributed by atoms with Crippen LogP contribution in [0, 0.1) is 0 Å². The molecule has 134 valence electrons. The number of alkyl halides is 4. The molecule has 1 atom stereocenters. The highest BCUT2D eigenvalue weighted by Gasteiger charge is 2.31. The van der Waals surface area contributed by atoms with Crippen LogP contribution in [0.4, 0.5) is 18.9 Å². The minimum atomic E-state index is -4.48. The summed E-state index contributed by atoms with van der Waals surface area (Å²) in [6, 6.07) is 9.59. The molecule has 0 unspecified atom stereocenters. The molecule has 0 heterocycles. The summed E-state index contributed by atoms with van der Waals surface area (Å²) < 4.78 is 42.9. The van der Waals surface area contributed by atoms with Gasteiger partial charge in [0.15, 0.2) is 0 Å². The highest BCUT2D eigenvalue weighted by molar-refractivity contribution is 6.33. The Labute approximate surface area is 152 Å². The van der Waals surface area contributed by atoms with Crippen LogP contribution >= 0.6 is 23.2 Å². The lowest BCUT2D eigenvalue weighted by atomic mass is 10.1. The molecule has 0 saturated heterocycles. The van der Waals surface area contributed by atoms with E-state index in [1.54, 1.807) is 24.3 Å². The third-order valence-corrected chi connectivity index (χ3v) is 4.13. The molecule has 0 saturated carbocycles. The van der Waals surface area contributed by atoms with Crippen molar-refractivity contribution in [2.24, 2.45) is 0 Å². The highest BCUT2D eigenvalue weighted by Crippen LogP contribution is 2.32. The zero-order chi connectivity index (χ0) is 18.6. The predicted molar refractivity (Wildman–Crippen MR) is 91.4 cm³/mol. The van der Waals surface area contributed by atoms with Crippen LogP contribution in [-0.2, 0) is 17.4 Å². The molecule has 25 heavy (non-hydrogen) atoms. The van der Waals surface area contributed by atoms with Crippen LogP contribution in [0.5, 0.6) is 5.75 Å². The molecule has 1 N–H and O–H groups in total. The second-order valence-corrected chi connectivity index (χ2v) is 6.13. The van der Waals surface area contributed by atoms with Crippen molar-refractivity contribution in [3.8, 4) is 5.75 Å². The lowest BCUT2D eigenvalue weighted by Gasteiger charge is -2.13. The maximum Gasteiger partial charge on any atom is 0.416 e. The van der Waals surface area contributed by atoms with Crippen molar-refractivity contribution >= 4 is 34.8 Å². The van der Waals surface area contributed by atoms with Crippen LogP contribution in [0.15, 0.2) is 42.5 Å². The summed E-state index contributed by atoms with van der Waals surface area (Å²) in [4.78, 5) is 12.1. The average Bonchev–Trinajstić information content (AvgIpc) is 2.56. The molecule has 0 aliphatic rings. The molecule has 0 spiro atoms. The minimum Gasteiger partial charge on any atom is -0.497 e. The molecule has 0 radical (unpaired) electrons. The number of benzene rings is 2. The average molecular weight is 392 g/mol. The first kappa shape index (κ1) is 19.4. The first-order valence-electron chi connectivity index (χ1n) is 7.15. The van der Waals surface area contributed by atoms with Gasteiger partial charge in [-0.25, -0.2) is 0 Å². The van der Waals surface area contributed by atoms with Gasteiger partial charge in [0.1, 0.15) is 11.1 Å². The molecule has 0 fully saturated rings. The lowest BCUT2D eigenvalue weighted by Crippen LogP contribution is -2.25. The Kier molecular flexibility index (Phi) is 6.19. The summed E-state index contributed by atoms with van der Waals surface area (Å²) in [6.45, 7) is 0. The quantitative estimate of drug-likeness (QED) is 0.715. The largest absolute Gasteiger partial charge is 0.497 e. The fourth-order valence-electron chi connectivity index (χ4n) is 2.07. The van der Waals surface area contributed by atoms with Crippen molar-refractivity contribution in [3.05, 3.63) is 58.6 Å². The Balaban J connectivity index is 2.03. The summed E-state index contributed by atoms with van der Waals surface area (Å²) >= 11 is 11.9. The van der Waals surface area contributed by atoms with E-state index in [1.807, 2.05) is 0 Å². The fraction of sp³-hybridized carbons (Fsp3) is 0.235. The van der Waals surface area contributed by atoms with E-state index in [2.05, 4.69) is 5.32 Å². The zero-order valence-electron chi connectivity index (χ0n) is 13.0. The van der Waals surface area contributed by atoms with E-state index in [0.717, 1.165) is 12.1 Å². The number of anilines is 1. The molecule has 8 heteroatoms. The third-order valence-electron chi connectivity index (χ3n) is 3.42. The molecule has 2 rings (SSSR count). The van der Waals surface area contributed by atoms with Gasteiger partial charge in [-0.1, -0.05) is 17.7 Å². The number of ether oxygens (including phenoxy) is 1. The molecule has 0 aliphatic heterocycles. The Morgan fingerprint density at radius 3 is 2.36 bits per heavy atom. The van der Waals surface area contributed by atoms with E-state index in [4.69, 9.17) is 27.9 Å². The van der Waals surface area contributed by atoms with E-state index < -0.39 is 23.0 Å². The standard InChI is InChI=1S/C17H14Cl2F3NO2/c1-25-13-6-4-12(5-7-13)23-16(24)15(19)8-10-2-3-11(9-14(10)18)17(20,21)22/h2-7,9,15H,8H2,1H3,(H,23,24)/t15-/m1/s1. The Morgan fingerprint density at radius 2 is 1.84 bits per heavy atom. The van der Waals surface area contributed by atoms with Gasteiger partial charge in [-0.2, -0.15) is 13.2 Å². The van der Waals surface area contributed by atoms with Crippen molar-refractivity contribution in [2.45, 2.75) is 18.0 Å². The Hall–Kier alpha value is -1.92. The summed E-state index contributed by atoms with van der Waals surface area (Å²) in [5.41, 5.74) is 0.0320. The Morgan fingerprint density at radius 1 is 1.20 bits per heavy atom. The van der Waals surface area contributed by atoms with Gasteiger partial charge >= 0.3 is 6.18 Å². The van der Waals surface area contributed by atoms with Crippen molar-refractivity contribution in [1.82, 2.24) is 0 Å². The molecule has 0 bridgehead atoms. The van der Waals surface area contributed by atoms with Gasteiger partial charge in [-0.3, -0.25) is 4.79 Å². The number of hydrogen-bond donors (Lipinski definition) is 1. The van der Waals surface area contributed by atoms with Crippen molar-refractivity contribution < 1.29 is 22.7 Å². The second kappa shape index (κ2) is 7.97. The molecule has 2 aromatic carbocycles. The fourth-order valence-corrected chi connectivity index (χ4v) is 2.55. The minimum absolute atomic E-state index is 0.000510. The molecule has 3 nitrogen and oxygen atoms in total. The van der Waals surface area contributed by atoms with Gasteiger partial charge < -0.3 is 10.1 Å².